The lowest BCUT2D eigenvalue weighted by atomic mass is 10.3. The Morgan fingerprint density at radius 2 is 2.38 bits per heavy atom. The van der Waals surface area contributed by atoms with Gasteiger partial charge in [0.05, 0.1) is 17.9 Å². The summed E-state index contributed by atoms with van der Waals surface area (Å²) in [6.45, 7) is 5.05. The van der Waals surface area contributed by atoms with Crippen LogP contribution in [0.25, 0.3) is 11.4 Å². The molecule has 2 heterocycles. The van der Waals surface area contributed by atoms with Crippen LogP contribution < -0.4 is 5.32 Å². The highest BCUT2D eigenvalue weighted by atomic mass is 16.5. The Labute approximate surface area is 93.8 Å². The van der Waals surface area contributed by atoms with Gasteiger partial charge in [-0.1, -0.05) is 12.1 Å². The van der Waals surface area contributed by atoms with Crippen molar-refractivity contribution in [1.29, 1.82) is 0 Å². The Kier molecular flexibility index (Phi) is 3.36. The zero-order valence-electron chi connectivity index (χ0n) is 9.43. The van der Waals surface area contributed by atoms with Gasteiger partial charge in [-0.2, -0.15) is 4.98 Å². The first kappa shape index (κ1) is 10.9. The van der Waals surface area contributed by atoms with Gasteiger partial charge in [0.15, 0.2) is 0 Å². The highest BCUT2D eigenvalue weighted by molar-refractivity contribution is 5.51. The fraction of sp³-hybridized carbons (Fsp3) is 0.455. The molecule has 86 valence electrons. The lowest BCUT2D eigenvalue weighted by Crippen LogP contribution is -2.19. The van der Waals surface area contributed by atoms with Crippen molar-refractivity contribution in [2.75, 3.05) is 6.54 Å². The lowest BCUT2D eigenvalue weighted by Gasteiger charge is -2.06. The predicted octanol–water partition coefficient (Wildman–Crippen LogP) is 2.39. The molecule has 0 aliphatic heterocycles. The summed E-state index contributed by atoms with van der Waals surface area (Å²) < 4.78 is 10.1. The minimum atomic E-state index is 0.0769. The zero-order chi connectivity index (χ0) is 11.4. The van der Waals surface area contributed by atoms with E-state index in [1.54, 1.807) is 18.6 Å². The summed E-state index contributed by atoms with van der Waals surface area (Å²) in [5.41, 5.74) is 0.831. The second kappa shape index (κ2) is 4.94. The molecule has 5 heteroatoms. The summed E-state index contributed by atoms with van der Waals surface area (Å²) in [4.78, 5) is 4.31. The van der Waals surface area contributed by atoms with Gasteiger partial charge in [0.2, 0.25) is 11.7 Å². The molecule has 2 rings (SSSR count). The molecule has 0 aliphatic carbocycles. The monoisotopic (exact) mass is 221 g/mol. The van der Waals surface area contributed by atoms with E-state index in [0.29, 0.717) is 11.7 Å². The summed E-state index contributed by atoms with van der Waals surface area (Å²) in [6, 6.07) is 1.88. The largest absolute Gasteiger partial charge is 0.472 e. The molecule has 0 saturated carbocycles. The van der Waals surface area contributed by atoms with Gasteiger partial charge in [0.25, 0.3) is 0 Å². The molecule has 1 N–H and O–H groups in total. The molecule has 0 saturated heterocycles. The Morgan fingerprint density at radius 3 is 3.06 bits per heavy atom. The first-order chi connectivity index (χ1) is 7.81. The first-order valence-electron chi connectivity index (χ1n) is 5.40. The van der Waals surface area contributed by atoms with E-state index < -0.39 is 0 Å². The topological polar surface area (TPSA) is 64.1 Å². The van der Waals surface area contributed by atoms with Crippen LogP contribution in [0.2, 0.25) is 0 Å². The van der Waals surface area contributed by atoms with Crippen LogP contribution in [0.1, 0.15) is 32.2 Å². The number of furan rings is 1. The van der Waals surface area contributed by atoms with Gasteiger partial charge in [-0.05, 0) is 26.0 Å². The van der Waals surface area contributed by atoms with Crippen molar-refractivity contribution in [2.45, 2.75) is 26.3 Å². The molecule has 5 nitrogen and oxygen atoms in total. The van der Waals surface area contributed by atoms with E-state index in [-0.39, 0.29) is 6.04 Å². The Balaban J connectivity index is 2.07. The molecule has 16 heavy (non-hydrogen) atoms. The molecule has 0 radical (unpaired) electrons. The van der Waals surface area contributed by atoms with Gasteiger partial charge >= 0.3 is 0 Å². The van der Waals surface area contributed by atoms with E-state index in [1.165, 1.54) is 0 Å². The van der Waals surface area contributed by atoms with E-state index >= 15 is 0 Å². The molecular weight excluding hydrogens is 206 g/mol. The van der Waals surface area contributed by atoms with Crippen molar-refractivity contribution in [3.8, 4) is 11.4 Å². The van der Waals surface area contributed by atoms with Crippen LogP contribution >= 0.6 is 0 Å². The number of nitrogens with one attached hydrogen (secondary N) is 1. The first-order valence-corrected chi connectivity index (χ1v) is 5.40. The van der Waals surface area contributed by atoms with E-state index in [4.69, 9.17) is 8.94 Å². The molecule has 2 aromatic heterocycles. The van der Waals surface area contributed by atoms with Crippen LogP contribution in [0.5, 0.6) is 0 Å². The molecule has 2 aromatic rings. The van der Waals surface area contributed by atoms with E-state index in [9.17, 15) is 0 Å². The van der Waals surface area contributed by atoms with Crippen LogP contribution in [0.15, 0.2) is 27.5 Å². The third kappa shape index (κ3) is 2.30. The summed E-state index contributed by atoms with van der Waals surface area (Å²) in [6.07, 6.45) is 4.26. The molecular formula is C11H15N3O2. The Hall–Kier alpha value is -1.62. The average Bonchev–Trinajstić information content (AvgIpc) is 2.94. The quantitative estimate of drug-likeness (QED) is 0.839. The zero-order valence-corrected chi connectivity index (χ0v) is 9.43. The normalized spacial score (nSPS) is 12.9. The highest BCUT2D eigenvalue weighted by Crippen LogP contribution is 2.18. The van der Waals surface area contributed by atoms with Crippen LogP contribution in [-0.2, 0) is 0 Å². The van der Waals surface area contributed by atoms with Crippen LogP contribution in [0, 0.1) is 0 Å². The molecule has 0 amide bonds. The molecule has 0 spiro atoms. The maximum Gasteiger partial charge on any atom is 0.243 e. The molecule has 0 aliphatic rings. The summed E-state index contributed by atoms with van der Waals surface area (Å²) in [7, 11) is 0. The Bertz CT molecular complexity index is 422. The van der Waals surface area contributed by atoms with Gasteiger partial charge in [0.1, 0.15) is 6.26 Å². The van der Waals surface area contributed by atoms with Gasteiger partial charge in [0, 0.05) is 0 Å². The minimum Gasteiger partial charge on any atom is -0.472 e. The number of aromatic nitrogens is 2. The highest BCUT2D eigenvalue weighted by Gasteiger charge is 2.14. The fourth-order valence-electron chi connectivity index (χ4n) is 1.37. The number of nitrogens with zero attached hydrogens (tertiary/aromatic N) is 2. The summed E-state index contributed by atoms with van der Waals surface area (Å²) in [5.74, 6) is 1.17. The maximum absolute atomic E-state index is 5.18. The third-order valence-corrected chi connectivity index (χ3v) is 2.29. The lowest BCUT2D eigenvalue weighted by molar-refractivity contribution is 0.340. The third-order valence-electron chi connectivity index (χ3n) is 2.29. The van der Waals surface area contributed by atoms with Crippen molar-refractivity contribution in [3.05, 3.63) is 24.5 Å². The van der Waals surface area contributed by atoms with Crippen molar-refractivity contribution in [2.24, 2.45) is 0 Å². The number of rotatable bonds is 5. The van der Waals surface area contributed by atoms with Crippen molar-refractivity contribution in [1.82, 2.24) is 15.5 Å². The Morgan fingerprint density at radius 1 is 1.50 bits per heavy atom. The molecule has 0 fully saturated rings. The van der Waals surface area contributed by atoms with E-state index in [2.05, 4.69) is 22.4 Å². The van der Waals surface area contributed by atoms with Crippen molar-refractivity contribution >= 4 is 0 Å². The predicted molar refractivity (Wildman–Crippen MR) is 58.7 cm³/mol. The van der Waals surface area contributed by atoms with Crippen LogP contribution in [0.3, 0.4) is 0 Å². The molecule has 1 atom stereocenters. The van der Waals surface area contributed by atoms with Crippen molar-refractivity contribution in [3.63, 3.8) is 0 Å². The maximum atomic E-state index is 5.18. The minimum absolute atomic E-state index is 0.0769. The molecule has 1 unspecified atom stereocenters. The average molecular weight is 221 g/mol. The summed E-state index contributed by atoms with van der Waals surface area (Å²) in [5, 5.41) is 7.19. The second-order valence-corrected chi connectivity index (χ2v) is 3.64. The van der Waals surface area contributed by atoms with Gasteiger partial charge < -0.3 is 14.3 Å². The van der Waals surface area contributed by atoms with Gasteiger partial charge in [-0.25, -0.2) is 0 Å². The molecule has 0 bridgehead atoms. The summed E-state index contributed by atoms with van der Waals surface area (Å²) >= 11 is 0. The second-order valence-electron chi connectivity index (χ2n) is 3.64. The molecule has 0 aromatic carbocycles. The van der Waals surface area contributed by atoms with Crippen LogP contribution in [0.4, 0.5) is 0 Å². The number of hydrogen-bond acceptors (Lipinski definition) is 5. The van der Waals surface area contributed by atoms with Crippen molar-refractivity contribution < 1.29 is 8.94 Å². The van der Waals surface area contributed by atoms with Gasteiger partial charge in [-0.15, -0.1) is 0 Å². The SMILES string of the molecule is CCCNC(C)c1nc(-c2ccoc2)no1. The standard InChI is InChI=1S/C11H15N3O2/c1-3-5-12-8(2)11-13-10(14-16-11)9-4-6-15-7-9/h4,6-8,12H,3,5H2,1-2H3. The smallest absolute Gasteiger partial charge is 0.243 e. The number of hydrogen-bond donors (Lipinski definition) is 1. The fourth-order valence-corrected chi connectivity index (χ4v) is 1.37. The van der Waals surface area contributed by atoms with E-state index in [0.717, 1.165) is 18.5 Å². The van der Waals surface area contributed by atoms with Crippen LogP contribution in [-0.4, -0.2) is 16.7 Å². The van der Waals surface area contributed by atoms with E-state index in [1.807, 2.05) is 6.92 Å². The van der Waals surface area contributed by atoms with Gasteiger partial charge in [-0.3, -0.25) is 0 Å².